The normalized spacial score (nSPS) is 45.0. The van der Waals surface area contributed by atoms with Crippen molar-refractivity contribution in [2.75, 3.05) is 13.2 Å². The summed E-state index contributed by atoms with van der Waals surface area (Å²) in [5.74, 6) is 0. The Bertz CT molecular complexity index is 84.9. The molecule has 0 aromatic carbocycles. The highest BCUT2D eigenvalue weighted by molar-refractivity contribution is 4.56. The van der Waals surface area contributed by atoms with Crippen LogP contribution in [0.2, 0.25) is 0 Å². The van der Waals surface area contributed by atoms with Crippen LogP contribution in [0.1, 0.15) is 13.8 Å². The molecule has 0 aliphatic carbocycles. The topological polar surface area (TPSA) is 13.7 Å². The summed E-state index contributed by atoms with van der Waals surface area (Å²) in [5.41, 5.74) is 0. The number of quaternary nitrogens is 1. The fourth-order valence-corrected chi connectivity index (χ4v) is 1.12. The molecule has 54 valence electrons. The maximum atomic E-state index is 5.30. The van der Waals surface area contributed by atoms with Crippen molar-refractivity contribution < 1.29 is 9.64 Å². The Hall–Kier alpha value is -0.0800. The smallest absolute Gasteiger partial charge is 0.0963 e. The molecule has 2 unspecified atom stereocenters. The van der Waals surface area contributed by atoms with Gasteiger partial charge in [0.15, 0.2) is 0 Å². The standard InChI is InChI=1S/C7H15NO/c1-6-4-9-5-7(2)8(6)3/h6-8H,3-5H2,1-2H3. The molecule has 0 saturated carbocycles. The Balaban J connectivity index is 2.41. The van der Waals surface area contributed by atoms with E-state index in [1.54, 1.807) is 0 Å². The second-order valence-electron chi connectivity index (χ2n) is 2.91. The first kappa shape index (κ1) is 7.03. The van der Waals surface area contributed by atoms with E-state index in [9.17, 15) is 0 Å². The molecule has 0 aromatic rings. The lowest BCUT2D eigenvalue weighted by atomic mass is 10.2. The molecule has 1 fully saturated rings. The molecule has 2 heteroatoms. The van der Waals surface area contributed by atoms with Gasteiger partial charge in [-0.05, 0) is 13.8 Å². The molecule has 1 aliphatic rings. The van der Waals surface area contributed by atoms with E-state index in [0.29, 0.717) is 12.1 Å². The van der Waals surface area contributed by atoms with Crippen LogP contribution >= 0.6 is 0 Å². The average molecular weight is 129 g/mol. The SMILES string of the molecule is [CH2-][NH+]1C(C)COCC1C. The lowest BCUT2D eigenvalue weighted by Gasteiger charge is -2.38. The minimum atomic E-state index is 0.564. The molecule has 9 heavy (non-hydrogen) atoms. The van der Waals surface area contributed by atoms with Crippen LogP contribution in [0.15, 0.2) is 0 Å². The first-order chi connectivity index (χ1) is 4.22. The van der Waals surface area contributed by atoms with Crippen molar-refractivity contribution in [2.24, 2.45) is 0 Å². The van der Waals surface area contributed by atoms with E-state index in [2.05, 4.69) is 20.9 Å². The van der Waals surface area contributed by atoms with E-state index in [-0.39, 0.29) is 0 Å². The van der Waals surface area contributed by atoms with Crippen LogP contribution in [0, 0.1) is 7.05 Å². The van der Waals surface area contributed by atoms with Crippen molar-refractivity contribution in [1.82, 2.24) is 0 Å². The molecule has 1 saturated heterocycles. The molecule has 0 amide bonds. The molecule has 1 heterocycles. The summed E-state index contributed by atoms with van der Waals surface area (Å²) < 4.78 is 5.30. The molecular formula is C7H15NO. The van der Waals surface area contributed by atoms with Crippen LogP contribution in [0.4, 0.5) is 0 Å². The second kappa shape index (κ2) is 2.67. The lowest BCUT2D eigenvalue weighted by molar-refractivity contribution is -0.912. The van der Waals surface area contributed by atoms with Gasteiger partial charge in [0.05, 0.1) is 25.3 Å². The highest BCUT2D eigenvalue weighted by Crippen LogP contribution is 1.90. The summed E-state index contributed by atoms with van der Waals surface area (Å²) in [6.45, 7) is 6.06. The van der Waals surface area contributed by atoms with Gasteiger partial charge in [0.25, 0.3) is 0 Å². The molecule has 0 bridgehead atoms. The van der Waals surface area contributed by atoms with Crippen LogP contribution in [0.25, 0.3) is 0 Å². The predicted octanol–water partition coefficient (Wildman–Crippen LogP) is -0.530. The highest BCUT2D eigenvalue weighted by atomic mass is 16.5. The number of morpholine rings is 1. The van der Waals surface area contributed by atoms with Gasteiger partial charge in [-0.25, -0.2) is 0 Å². The van der Waals surface area contributed by atoms with Crippen molar-refractivity contribution in [2.45, 2.75) is 25.9 Å². The fraction of sp³-hybridized carbons (Fsp3) is 0.857. The molecule has 0 spiro atoms. The Labute approximate surface area is 56.8 Å². The van der Waals surface area contributed by atoms with E-state index in [0.717, 1.165) is 13.2 Å². The second-order valence-corrected chi connectivity index (χ2v) is 2.91. The van der Waals surface area contributed by atoms with Gasteiger partial charge in [0.1, 0.15) is 0 Å². The number of nitrogens with one attached hydrogen (secondary N) is 1. The third-order valence-electron chi connectivity index (χ3n) is 2.00. The molecular weight excluding hydrogens is 114 g/mol. The van der Waals surface area contributed by atoms with Gasteiger partial charge in [-0.3, -0.25) is 0 Å². The Morgan fingerprint density at radius 1 is 1.33 bits per heavy atom. The largest absolute Gasteiger partial charge is 0.460 e. The van der Waals surface area contributed by atoms with Gasteiger partial charge < -0.3 is 9.64 Å². The maximum absolute atomic E-state index is 5.30. The zero-order valence-electron chi connectivity index (χ0n) is 6.18. The minimum absolute atomic E-state index is 0.564. The average Bonchev–Trinajstić information content (AvgIpc) is 1.83. The zero-order valence-corrected chi connectivity index (χ0v) is 6.18. The lowest BCUT2D eigenvalue weighted by Crippen LogP contribution is -3.16. The summed E-state index contributed by atoms with van der Waals surface area (Å²) in [6.07, 6.45) is 0. The van der Waals surface area contributed by atoms with Crippen molar-refractivity contribution in [3.63, 3.8) is 0 Å². The van der Waals surface area contributed by atoms with Gasteiger partial charge in [0.2, 0.25) is 0 Å². The monoisotopic (exact) mass is 129 g/mol. The fourth-order valence-electron chi connectivity index (χ4n) is 1.12. The van der Waals surface area contributed by atoms with Crippen LogP contribution < -0.4 is 4.90 Å². The quantitative estimate of drug-likeness (QED) is 0.434. The van der Waals surface area contributed by atoms with Crippen molar-refractivity contribution >= 4 is 0 Å². The van der Waals surface area contributed by atoms with E-state index in [1.807, 2.05) is 0 Å². The van der Waals surface area contributed by atoms with E-state index < -0.39 is 0 Å². The van der Waals surface area contributed by atoms with Crippen LogP contribution in [0.3, 0.4) is 0 Å². The van der Waals surface area contributed by atoms with Crippen LogP contribution in [-0.2, 0) is 4.74 Å². The molecule has 2 atom stereocenters. The number of hydrogen-bond acceptors (Lipinski definition) is 1. The third-order valence-corrected chi connectivity index (χ3v) is 2.00. The Kier molecular flexibility index (Phi) is 2.09. The van der Waals surface area contributed by atoms with Gasteiger partial charge >= 0.3 is 0 Å². The predicted molar refractivity (Wildman–Crippen MR) is 36.1 cm³/mol. The highest BCUT2D eigenvalue weighted by Gasteiger charge is 2.20. The summed E-state index contributed by atoms with van der Waals surface area (Å²) >= 11 is 0. The van der Waals surface area contributed by atoms with Crippen molar-refractivity contribution in [3.05, 3.63) is 7.05 Å². The Morgan fingerprint density at radius 2 is 1.78 bits per heavy atom. The van der Waals surface area contributed by atoms with Gasteiger partial charge in [-0.15, -0.1) is 0 Å². The maximum Gasteiger partial charge on any atom is 0.0963 e. The minimum Gasteiger partial charge on any atom is -0.460 e. The van der Waals surface area contributed by atoms with Crippen molar-refractivity contribution in [1.29, 1.82) is 0 Å². The zero-order chi connectivity index (χ0) is 6.85. The van der Waals surface area contributed by atoms with Gasteiger partial charge in [0, 0.05) is 0 Å². The van der Waals surface area contributed by atoms with E-state index >= 15 is 0 Å². The number of rotatable bonds is 0. The Morgan fingerprint density at radius 3 is 2.11 bits per heavy atom. The molecule has 2 nitrogen and oxygen atoms in total. The molecule has 1 N–H and O–H groups in total. The van der Waals surface area contributed by atoms with E-state index in [4.69, 9.17) is 4.74 Å². The molecule has 1 rings (SSSR count). The molecule has 0 radical (unpaired) electrons. The van der Waals surface area contributed by atoms with Crippen LogP contribution in [0.5, 0.6) is 0 Å². The molecule has 1 aliphatic heterocycles. The van der Waals surface area contributed by atoms with Crippen molar-refractivity contribution in [3.8, 4) is 0 Å². The van der Waals surface area contributed by atoms with Crippen LogP contribution in [-0.4, -0.2) is 25.3 Å². The number of ether oxygens (including phenoxy) is 1. The summed E-state index contributed by atoms with van der Waals surface area (Å²) in [5, 5.41) is 0. The molecule has 0 aromatic heterocycles. The number of hydrogen-bond donors (Lipinski definition) is 1. The summed E-state index contributed by atoms with van der Waals surface area (Å²) in [7, 11) is 4.00. The van der Waals surface area contributed by atoms with Gasteiger partial charge in [-0.1, -0.05) is 0 Å². The first-order valence-electron chi connectivity index (χ1n) is 3.48. The first-order valence-corrected chi connectivity index (χ1v) is 3.48. The summed E-state index contributed by atoms with van der Waals surface area (Å²) in [6, 6.07) is 1.13. The summed E-state index contributed by atoms with van der Waals surface area (Å²) in [4.78, 5) is 1.35. The van der Waals surface area contributed by atoms with Gasteiger partial charge in [-0.2, -0.15) is 7.05 Å². The third kappa shape index (κ3) is 1.43. The van der Waals surface area contributed by atoms with E-state index in [1.165, 1.54) is 4.90 Å².